The molecule has 0 amide bonds. The van der Waals surface area contributed by atoms with Crippen LogP contribution >= 0.6 is 11.6 Å². The molecule has 106 valence electrons. The average molecular weight is 316 g/mol. The predicted octanol–water partition coefficient (Wildman–Crippen LogP) is 0.958. The molecular weight excluding hydrogens is 306 g/mol. The second-order valence-electron chi connectivity index (χ2n) is 3.70. The third-order valence-corrected chi connectivity index (χ3v) is 3.90. The number of amidine groups is 1. The molecule has 5 N–H and O–H groups in total. The number of aromatic nitrogens is 2. The van der Waals surface area contributed by atoms with E-state index < -0.39 is 10.0 Å². The molecule has 0 bridgehead atoms. The lowest BCUT2D eigenvalue weighted by atomic mass is 10.1. The van der Waals surface area contributed by atoms with Crippen LogP contribution in [0.5, 0.6) is 0 Å². The van der Waals surface area contributed by atoms with Crippen LogP contribution in [0.2, 0.25) is 5.02 Å². The number of nitrogens with one attached hydrogen (secondary N) is 2. The summed E-state index contributed by atoms with van der Waals surface area (Å²) in [6.07, 6.45) is 1.30. The van der Waals surface area contributed by atoms with E-state index in [1.807, 2.05) is 0 Å². The van der Waals surface area contributed by atoms with Gasteiger partial charge in [0, 0.05) is 10.6 Å². The number of halogens is 1. The van der Waals surface area contributed by atoms with Crippen molar-refractivity contribution in [3.8, 4) is 0 Å². The van der Waals surface area contributed by atoms with Crippen molar-refractivity contribution in [2.45, 2.75) is 5.03 Å². The van der Waals surface area contributed by atoms with E-state index in [0.717, 1.165) is 0 Å². The van der Waals surface area contributed by atoms with Gasteiger partial charge in [-0.15, -0.1) is 0 Å². The molecule has 0 aliphatic heterocycles. The first-order valence-corrected chi connectivity index (χ1v) is 7.10. The summed E-state index contributed by atoms with van der Waals surface area (Å²) in [6, 6.07) is 5.56. The zero-order valence-electron chi connectivity index (χ0n) is 9.91. The number of sulfonamides is 1. The lowest BCUT2D eigenvalue weighted by Crippen LogP contribution is -2.19. The van der Waals surface area contributed by atoms with Gasteiger partial charge < -0.3 is 10.9 Å². The van der Waals surface area contributed by atoms with E-state index in [4.69, 9.17) is 22.5 Å². The standard InChI is InChI=1S/C10H10ClN5O3S/c11-6-1-2-7(10(12)15-17)8(5-6)16-20(18,19)9-3-4-13-14-9/h1-5,16-17H,(H2,12,15)(H,13,14). The van der Waals surface area contributed by atoms with Gasteiger partial charge in [0.2, 0.25) is 0 Å². The number of aromatic amines is 1. The molecule has 1 aromatic heterocycles. The van der Waals surface area contributed by atoms with Gasteiger partial charge in [-0.1, -0.05) is 16.8 Å². The maximum Gasteiger partial charge on any atom is 0.278 e. The van der Waals surface area contributed by atoms with Gasteiger partial charge in [0.1, 0.15) is 0 Å². The summed E-state index contributed by atoms with van der Waals surface area (Å²) in [5.74, 6) is -0.246. The third-order valence-electron chi connectivity index (χ3n) is 2.37. The fourth-order valence-electron chi connectivity index (χ4n) is 1.47. The first-order chi connectivity index (χ1) is 9.44. The molecule has 20 heavy (non-hydrogen) atoms. The van der Waals surface area contributed by atoms with E-state index in [1.165, 1.54) is 30.5 Å². The van der Waals surface area contributed by atoms with Gasteiger partial charge in [0.05, 0.1) is 11.9 Å². The van der Waals surface area contributed by atoms with Crippen molar-refractivity contribution in [1.82, 2.24) is 10.2 Å². The van der Waals surface area contributed by atoms with E-state index in [2.05, 4.69) is 20.1 Å². The number of nitrogens with zero attached hydrogens (tertiary/aromatic N) is 2. The topological polar surface area (TPSA) is 133 Å². The fourth-order valence-corrected chi connectivity index (χ4v) is 2.62. The van der Waals surface area contributed by atoms with Crippen LogP contribution in [-0.4, -0.2) is 29.7 Å². The predicted molar refractivity (Wildman–Crippen MR) is 73.4 cm³/mol. The third kappa shape index (κ3) is 2.83. The van der Waals surface area contributed by atoms with Gasteiger partial charge in [-0.05, 0) is 24.3 Å². The number of H-pyrrole nitrogens is 1. The van der Waals surface area contributed by atoms with Gasteiger partial charge in [0.25, 0.3) is 10.0 Å². The summed E-state index contributed by atoms with van der Waals surface area (Å²) in [6.45, 7) is 0. The maximum atomic E-state index is 12.1. The Balaban J connectivity index is 2.46. The van der Waals surface area contributed by atoms with Crippen LogP contribution in [0.3, 0.4) is 0 Å². The Labute approximate surface area is 119 Å². The molecule has 1 heterocycles. The Hall–Kier alpha value is -2.26. The summed E-state index contributed by atoms with van der Waals surface area (Å²) in [5.41, 5.74) is 5.76. The minimum absolute atomic E-state index is 0.0856. The molecule has 0 saturated heterocycles. The second kappa shape index (κ2) is 5.39. The highest BCUT2D eigenvalue weighted by molar-refractivity contribution is 7.92. The van der Waals surface area contributed by atoms with Crippen LogP contribution in [-0.2, 0) is 10.0 Å². The molecule has 0 unspecified atom stereocenters. The molecule has 0 radical (unpaired) electrons. The van der Waals surface area contributed by atoms with Crippen molar-refractivity contribution in [1.29, 1.82) is 0 Å². The Morgan fingerprint density at radius 1 is 1.45 bits per heavy atom. The summed E-state index contributed by atoms with van der Waals surface area (Å²) in [5, 5.41) is 17.6. The van der Waals surface area contributed by atoms with Crippen LogP contribution in [0.1, 0.15) is 5.56 Å². The summed E-state index contributed by atoms with van der Waals surface area (Å²) in [4.78, 5) is 0. The number of nitrogens with two attached hydrogens (primary N) is 1. The van der Waals surface area contributed by atoms with Crippen LogP contribution in [0.4, 0.5) is 5.69 Å². The van der Waals surface area contributed by atoms with Crippen LogP contribution < -0.4 is 10.5 Å². The minimum Gasteiger partial charge on any atom is -0.409 e. The molecule has 0 fully saturated rings. The SMILES string of the molecule is N/C(=N/O)c1ccc(Cl)cc1NS(=O)(=O)c1ccn[nH]1. The molecule has 10 heteroatoms. The zero-order valence-corrected chi connectivity index (χ0v) is 11.5. The van der Waals surface area contributed by atoms with Crippen molar-refractivity contribution in [2.24, 2.45) is 10.9 Å². The first-order valence-electron chi connectivity index (χ1n) is 5.23. The van der Waals surface area contributed by atoms with E-state index in [0.29, 0.717) is 5.02 Å². The number of hydrogen-bond acceptors (Lipinski definition) is 5. The van der Waals surface area contributed by atoms with E-state index >= 15 is 0 Å². The Kier molecular flexibility index (Phi) is 3.81. The molecule has 8 nitrogen and oxygen atoms in total. The highest BCUT2D eigenvalue weighted by Gasteiger charge is 2.18. The highest BCUT2D eigenvalue weighted by atomic mass is 35.5. The molecule has 0 aliphatic rings. The van der Waals surface area contributed by atoms with Gasteiger partial charge in [0.15, 0.2) is 10.9 Å². The molecule has 2 rings (SSSR count). The Morgan fingerprint density at radius 2 is 2.20 bits per heavy atom. The number of benzene rings is 1. The quantitative estimate of drug-likeness (QED) is 0.288. The Bertz CT molecular complexity index is 742. The summed E-state index contributed by atoms with van der Waals surface area (Å²) in [7, 11) is -3.87. The van der Waals surface area contributed by atoms with Gasteiger partial charge in [-0.3, -0.25) is 9.82 Å². The zero-order chi connectivity index (χ0) is 14.8. The summed E-state index contributed by atoms with van der Waals surface area (Å²) < 4.78 is 26.4. The molecule has 0 spiro atoms. The minimum atomic E-state index is -3.87. The lowest BCUT2D eigenvalue weighted by Gasteiger charge is -2.11. The molecule has 2 aromatic rings. The first kappa shape index (κ1) is 14.2. The fraction of sp³-hybridized carbons (Fsp3) is 0. The highest BCUT2D eigenvalue weighted by Crippen LogP contribution is 2.23. The van der Waals surface area contributed by atoms with Crippen LogP contribution in [0.15, 0.2) is 40.6 Å². The van der Waals surface area contributed by atoms with Crippen LogP contribution in [0, 0.1) is 0 Å². The van der Waals surface area contributed by atoms with Gasteiger partial charge in [-0.2, -0.15) is 13.5 Å². The number of oxime groups is 1. The van der Waals surface area contributed by atoms with E-state index in [9.17, 15) is 8.42 Å². The van der Waals surface area contributed by atoms with Crippen molar-refractivity contribution >= 4 is 33.1 Å². The van der Waals surface area contributed by atoms with Crippen molar-refractivity contribution in [3.05, 3.63) is 41.0 Å². The number of rotatable bonds is 4. The Morgan fingerprint density at radius 3 is 2.80 bits per heavy atom. The maximum absolute atomic E-state index is 12.1. The monoisotopic (exact) mass is 315 g/mol. The van der Waals surface area contributed by atoms with Crippen LogP contribution in [0.25, 0.3) is 0 Å². The van der Waals surface area contributed by atoms with Crippen molar-refractivity contribution < 1.29 is 13.6 Å². The van der Waals surface area contributed by atoms with Crippen molar-refractivity contribution in [3.63, 3.8) is 0 Å². The molecule has 0 atom stereocenters. The number of anilines is 1. The second-order valence-corrected chi connectivity index (χ2v) is 5.79. The summed E-state index contributed by atoms with van der Waals surface area (Å²) >= 11 is 5.82. The lowest BCUT2D eigenvalue weighted by molar-refractivity contribution is 0.318. The molecule has 0 aliphatic carbocycles. The van der Waals surface area contributed by atoms with Gasteiger partial charge in [-0.25, -0.2) is 0 Å². The molecule has 0 saturated carbocycles. The largest absolute Gasteiger partial charge is 0.409 e. The van der Waals surface area contributed by atoms with Gasteiger partial charge >= 0.3 is 0 Å². The van der Waals surface area contributed by atoms with E-state index in [-0.39, 0.29) is 22.1 Å². The van der Waals surface area contributed by atoms with Crippen molar-refractivity contribution in [2.75, 3.05) is 4.72 Å². The molecular formula is C10H10ClN5O3S. The smallest absolute Gasteiger partial charge is 0.278 e. The normalized spacial score (nSPS) is 12.3. The molecule has 1 aromatic carbocycles. The number of hydrogen-bond donors (Lipinski definition) is 4. The van der Waals surface area contributed by atoms with E-state index in [1.54, 1.807) is 0 Å². The average Bonchev–Trinajstić information content (AvgIpc) is 2.92.